The van der Waals surface area contributed by atoms with E-state index in [1.165, 1.54) is 6.42 Å². The highest BCUT2D eigenvalue weighted by Crippen LogP contribution is 2.33. The van der Waals surface area contributed by atoms with Gasteiger partial charge in [0.25, 0.3) is 10.9 Å². The van der Waals surface area contributed by atoms with Gasteiger partial charge in [-0.2, -0.15) is 0 Å². The Balaban J connectivity index is 1.67. The lowest BCUT2D eigenvalue weighted by atomic mass is 9.78. The molecule has 1 heterocycles. The van der Waals surface area contributed by atoms with Crippen LogP contribution in [-0.4, -0.2) is 49.8 Å². The molecular weight excluding hydrogens is 334 g/mol. The van der Waals surface area contributed by atoms with Crippen molar-refractivity contribution in [1.29, 1.82) is 0 Å². The first-order chi connectivity index (χ1) is 12.4. The van der Waals surface area contributed by atoms with Crippen LogP contribution in [0.4, 0.5) is 16.2 Å². The van der Waals surface area contributed by atoms with Crippen LogP contribution in [0.25, 0.3) is 0 Å². The minimum Gasteiger partial charge on any atom is -0.450 e. The van der Waals surface area contributed by atoms with Crippen LogP contribution >= 0.6 is 0 Å². The molecule has 1 amide bonds. The zero-order valence-corrected chi connectivity index (χ0v) is 15.9. The van der Waals surface area contributed by atoms with Crippen molar-refractivity contribution in [2.45, 2.75) is 46.1 Å². The second-order valence-electron chi connectivity index (χ2n) is 7.57. The van der Waals surface area contributed by atoms with Gasteiger partial charge in [0, 0.05) is 32.2 Å². The van der Waals surface area contributed by atoms with Gasteiger partial charge in [0.15, 0.2) is 0 Å². The van der Waals surface area contributed by atoms with Crippen LogP contribution in [0, 0.1) is 11.8 Å². The molecule has 1 aliphatic heterocycles. The van der Waals surface area contributed by atoms with Gasteiger partial charge >= 0.3 is 6.09 Å². The van der Waals surface area contributed by atoms with Crippen molar-refractivity contribution in [2.75, 3.05) is 43.0 Å². The Morgan fingerprint density at radius 1 is 1.12 bits per heavy atom. The summed E-state index contributed by atoms with van der Waals surface area (Å²) in [5, 5.41) is 3.38. The third-order valence-electron chi connectivity index (χ3n) is 6.04. The molecule has 3 rings (SSSR count). The molecule has 7 nitrogen and oxygen atoms in total. The van der Waals surface area contributed by atoms with Crippen LogP contribution in [0.3, 0.4) is 0 Å². The van der Waals surface area contributed by atoms with Crippen LogP contribution in [0.2, 0.25) is 0 Å². The molecule has 1 aromatic carbocycles. The van der Waals surface area contributed by atoms with Crippen LogP contribution in [-0.2, 0) is 4.74 Å². The minimum absolute atomic E-state index is 0.238. The molecule has 0 spiro atoms. The smallest absolute Gasteiger partial charge is 0.409 e. The van der Waals surface area contributed by atoms with Crippen LogP contribution in [0.1, 0.15) is 40.0 Å². The lowest BCUT2D eigenvalue weighted by Crippen LogP contribution is -2.53. The predicted octanol–water partition coefficient (Wildman–Crippen LogP) is 1.80. The number of hydrogen-bond donors (Lipinski definition) is 1. The highest BCUT2D eigenvalue weighted by Gasteiger charge is 2.33. The van der Waals surface area contributed by atoms with Gasteiger partial charge < -0.3 is 19.9 Å². The number of carbonyl (C=O) groups is 1. The highest BCUT2D eigenvalue weighted by molar-refractivity contribution is 5.76. The molecular formula is C19H29N3O4. The Kier molecular flexibility index (Phi) is 5.53. The summed E-state index contributed by atoms with van der Waals surface area (Å²) in [6.07, 6.45) is 3.07. The first-order valence-electron chi connectivity index (χ1n) is 9.70. The van der Waals surface area contributed by atoms with E-state index in [2.05, 4.69) is 19.2 Å². The normalized spacial score (nSPS) is 26.8. The van der Waals surface area contributed by atoms with E-state index in [1.54, 1.807) is 11.8 Å². The van der Waals surface area contributed by atoms with Crippen LogP contribution in [0.15, 0.2) is 9.59 Å². The van der Waals surface area contributed by atoms with Crippen molar-refractivity contribution in [3.8, 4) is 0 Å². The first kappa shape index (κ1) is 18.7. The van der Waals surface area contributed by atoms with Gasteiger partial charge in [0.2, 0.25) is 0 Å². The van der Waals surface area contributed by atoms with Gasteiger partial charge in [-0.15, -0.1) is 0 Å². The Morgan fingerprint density at radius 3 is 2.46 bits per heavy atom. The summed E-state index contributed by atoms with van der Waals surface area (Å²) in [5.74, 6) is 1.09. The van der Waals surface area contributed by atoms with Gasteiger partial charge in [0.05, 0.1) is 6.61 Å². The maximum atomic E-state index is 12.2. The standard InChI is InChI=1S/C19H29N3O4/c1-4-26-19(25)22-10-8-21(9-11-22)16-15(17(23)18(16)24)20-14-7-5-6-12(2)13(14)3/h12-14,20H,4-11H2,1-3H3/t12-,13+,14-/m1/s1. The zero-order chi connectivity index (χ0) is 18.8. The van der Waals surface area contributed by atoms with Gasteiger partial charge in [-0.25, -0.2) is 4.79 Å². The van der Waals surface area contributed by atoms with E-state index in [0.29, 0.717) is 56.0 Å². The summed E-state index contributed by atoms with van der Waals surface area (Å²) in [6.45, 7) is 8.65. The molecule has 0 bridgehead atoms. The summed E-state index contributed by atoms with van der Waals surface area (Å²) in [7, 11) is 0. The van der Waals surface area contributed by atoms with Gasteiger partial charge in [-0.05, 0) is 25.2 Å². The summed E-state index contributed by atoms with van der Waals surface area (Å²) in [4.78, 5) is 39.7. The maximum Gasteiger partial charge on any atom is 0.409 e. The topological polar surface area (TPSA) is 79.0 Å². The SMILES string of the molecule is CCOC(=O)N1CCN(c2c(N[C@@H]3CCC[C@@H](C)[C@@H]3C)c(=O)c2=O)CC1. The molecule has 2 aliphatic rings. The van der Waals surface area contributed by atoms with E-state index in [1.807, 2.05) is 4.90 Å². The van der Waals surface area contributed by atoms with Crippen molar-refractivity contribution < 1.29 is 9.53 Å². The lowest BCUT2D eigenvalue weighted by molar-refractivity contribution is 0.105. The number of nitrogens with zero attached hydrogens (tertiary/aromatic N) is 2. The second-order valence-corrected chi connectivity index (χ2v) is 7.57. The van der Waals surface area contributed by atoms with Gasteiger partial charge in [0.1, 0.15) is 11.4 Å². The quantitative estimate of drug-likeness (QED) is 0.822. The van der Waals surface area contributed by atoms with E-state index in [9.17, 15) is 14.4 Å². The van der Waals surface area contributed by atoms with Crippen molar-refractivity contribution >= 4 is 17.5 Å². The van der Waals surface area contributed by atoms with E-state index >= 15 is 0 Å². The van der Waals surface area contributed by atoms with E-state index in [4.69, 9.17) is 4.74 Å². The van der Waals surface area contributed by atoms with E-state index in [0.717, 1.165) is 12.8 Å². The number of piperazine rings is 1. The van der Waals surface area contributed by atoms with Gasteiger partial charge in [-0.3, -0.25) is 9.59 Å². The summed E-state index contributed by atoms with van der Waals surface area (Å²) < 4.78 is 5.02. The molecule has 1 aromatic rings. The van der Waals surface area contributed by atoms with Crippen molar-refractivity contribution in [3.05, 3.63) is 20.4 Å². The molecule has 0 aromatic heterocycles. The molecule has 1 aliphatic carbocycles. The Morgan fingerprint density at radius 2 is 1.81 bits per heavy atom. The average Bonchev–Trinajstić information content (AvgIpc) is 2.65. The maximum absolute atomic E-state index is 12.2. The molecule has 1 N–H and O–H groups in total. The zero-order valence-electron chi connectivity index (χ0n) is 15.9. The largest absolute Gasteiger partial charge is 0.450 e. The molecule has 0 radical (unpaired) electrons. The van der Waals surface area contributed by atoms with Crippen molar-refractivity contribution in [3.63, 3.8) is 0 Å². The van der Waals surface area contributed by atoms with Gasteiger partial charge in [-0.1, -0.05) is 26.7 Å². The molecule has 1 saturated carbocycles. The number of rotatable bonds is 4. The fraction of sp³-hybridized carbons (Fsp3) is 0.737. The summed E-state index contributed by atoms with van der Waals surface area (Å²) in [5.41, 5.74) is 0.168. The molecule has 26 heavy (non-hydrogen) atoms. The molecule has 1 saturated heterocycles. The third kappa shape index (κ3) is 3.44. The van der Waals surface area contributed by atoms with E-state index in [-0.39, 0.29) is 12.1 Å². The molecule has 7 heteroatoms. The summed E-state index contributed by atoms with van der Waals surface area (Å²) >= 11 is 0. The van der Waals surface area contributed by atoms with Crippen molar-refractivity contribution in [2.24, 2.45) is 11.8 Å². The molecule has 3 atom stereocenters. The number of ether oxygens (including phenoxy) is 1. The van der Waals surface area contributed by atoms with Crippen LogP contribution < -0.4 is 21.1 Å². The number of carbonyl (C=O) groups excluding carboxylic acids is 1. The fourth-order valence-electron chi connectivity index (χ4n) is 4.11. The number of amides is 1. The predicted molar refractivity (Wildman–Crippen MR) is 102 cm³/mol. The molecule has 144 valence electrons. The van der Waals surface area contributed by atoms with Crippen molar-refractivity contribution in [1.82, 2.24) is 4.90 Å². The average molecular weight is 363 g/mol. The van der Waals surface area contributed by atoms with E-state index < -0.39 is 10.9 Å². The Labute approximate surface area is 154 Å². The minimum atomic E-state index is -0.409. The number of nitrogens with one attached hydrogen (secondary N) is 1. The molecule has 0 unspecified atom stereocenters. The monoisotopic (exact) mass is 363 g/mol. The fourth-order valence-corrected chi connectivity index (χ4v) is 4.11. The Hall–Kier alpha value is -2.05. The Bertz CT molecular complexity index is 717. The summed E-state index contributed by atoms with van der Waals surface area (Å²) in [6, 6.07) is 0.238. The second kappa shape index (κ2) is 7.68. The first-order valence-corrected chi connectivity index (χ1v) is 9.70. The lowest BCUT2D eigenvalue weighted by Gasteiger charge is -2.39. The third-order valence-corrected chi connectivity index (χ3v) is 6.04. The highest BCUT2D eigenvalue weighted by atomic mass is 16.6. The number of anilines is 2. The van der Waals surface area contributed by atoms with Crippen LogP contribution in [0.5, 0.6) is 0 Å². The molecule has 2 fully saturated rings. The number of hydrogen-bond acceptors (Lipinski definition) is 6.